The summed E-state index contributed by atoms with van der Waals surface area (Å²) >= 11 is 0. The Morgan fingerprint density at radius 2 is 2.00 bits per heavy atom. The Kier molecular flexibility index (Phi) is 4.75. The molecule has 1 heterocycles. The fourth-order valence-electron chi connectivity index (χ4n) is 2.54. The van der Waals surface area contributed by atoms with Crippen molar-refractivity contribution in [2.24, 2.45) is 0 Å². The number of tetrazole rings is 1. The third kappa shape index (κ3) is 4.37. The van der Waals surface area contributed by atoms with E-state index in [1.54, 1.807) is 25.1 Å². The van der Waals surface area contributed by atoms with E-state index in [1.165, 1.54) is 28.9 Å². The normalized spacial score (nSPS) is 11.4. The van der Waals surface area contributed by atoms with Gasteiger partial charge in [0.25, 0.3) is 5.69 Å². The average molecular weight is 379 g/mol. The smallest absolute Gasteiger partial charge is 0.406 e. The number of nitro groups is 1. The Balaban J connectivity index is 1.88. The maximum atomic E-state index is 12.4. The molecule has 0 atom stereocenters. The number of alkyl halides is 3. The number of ether oxygens (including phenoxy) is 1. The van der Waals surface area contributed by atoms with Crippen LogP contribution in [0.3, 0.4) is 0 Å². The van der Waals surface area contributed by atoms with Crippen LogP contribution in [0, 0.1) is 17.0 Å². The van der Waals surface area contributed by atoms with E-state index in [4.69, 9.17) is 0 Å². The van der Waals surface area contributed by atoms with Crippen LogP contribution in [0.5, 0.6) is 5.75 Å². The van der Waals surface area contributed by atoms with E-state index >= 15 is 0 Å². The van der Waals surface area contributed by atoms with Crippen LogP contribution in [-0.4, -0.2) is 31.5 Å². The Morgan fingerprint density at radius 3 is 2.67 bits per heavy atom. The van der Waals surface area contributed by atoms with Gasteiger partial charge in [0, 0.05) is 17.2 Å². The van der Waals surface area contributed by atoms with Crippen LogP contribution in [0.1, 0.15) is 11.1 Å². The first-order valence-electron chi connectivity index (χ1n) is 7.59. The van der Waals surface area contributed by atoms with Gasteiger partial charge in [-0.2, -0.15) is 0 Å². The minimum absolute atomic E-state index is 0.00677. The third-order valence-electron chi connectivity index (χ3n) is 3.65. The number of aromatic nitrogens is 4. The Labute approximate surface area is 150 Å². The highest BCUT2D eigenvalue weighted by Crippen LogP contribution is 2.27. The lowest BCUT2D eigenvalue weighted by Gasteiger charge is -2.10. The average Bonchev–Trinajstić information content (AvgIpc) is 3.01. The quantitative estimate of drug-likeness (QED) is 0.497. The van der Waals surface area contributed by atoms with Crippen LogP contribution >= 0.6 is 0 Å². The molecule has 0 radical (unpaired) electrons. The highest BCUT2D eigenvalue weighted by Gasteiger charge is 2.31. The van der Waals surface area contributed by atoms with Crippen LogP contribution < -0.4 is 4.74 Å². The van der Waals surface area contributed by atoms with Gasteiger partial charge in [-0.15, -0.1) is 18.3 Å². The molecule has 0 unspecified atom stereocenters. The molecule has 0 fully saturated rings. The standard InChI is InChI=1S/C16H12F3N5O3/c1-10-7-11(5-6-14(10)24(25)26)9-23-15(20-21-22-23)12-3-2-4-13(8-12)27-16(17,18)19/h2-8H,9H2,1H3. The number of hydrogen-bond acceptors (Lipinski definition) is 6. The van der Waals surface area contributed by atoms with E-state index in [0.717, 1.165) is 0 Å². The van der Waals surface area contributed by atoms with E-state index in [-0.39, 0.29) is 23.8 Å². The summed E-state index contributed by atoms with van der Waals surface area (Å²) in [6.07, 6.45) is -4.80. The van der Waals surface area contributed by atoms with Crippen molar-refractivity contribution in [2.75, 3.05) is 0 Å². The summed E-state index contributed by atoms with van der Waals surface area (Å²) in [6, 6.07) is 9.87. The molecule has 0 saturated carbocycles. The first kappa shape index (κ1) is 18.3. The van der Waals surface area contributed by atoms with E-state index in [0.29, 0.717) is 16.7 Å². The van der Waals surface area contributed by atoms with Gasteiger partial charge in [0.1, 0.15) is 5.75 Å². The molecule has 0 amide bonds. The van der Waals surface area contributed by atoms with Gasteiger partial charge in [-0.3, -0.25) is 10.1 Å². The molecule has 27 heavy (non-hydrogen) atoms. The molecule has 1 aromatic heterocycles. The number of nitro benzene ring substituents is 1. The predicted molar refractivity (Wildman–Crippen MR) is 86.9 cm³/mol. The molecule has 2 aromatic carbocycles. The molecule has 0 spiro atoms. The summed E-state index contributed by atoms with van der Waals surface area (Å²) in [6.45, 7) is 1.80. The SMILES string of the molecule is Cc1cc(Cn2nnnc2-c2cccc(OC(F)(F)F)c2)ccc1[N+](=O)[O-]. The monoisotopic (exact) mass is 379 g/mol. The van der Waals surface area contributed by atoms with Crippen molar-refractivity contribution in [1.29, 1.82) is 0 Å². The Morgan fingerprint density at radius 1 is 1.22 bits per heavy atom. The molecule has 11 heteroatoms. The van der Waals surface area contributed by atoms with Crippen molar-refractivity contribution in [3.05, 3.63) is 63.7 Å². The minimum Gasteiger partial charge on any atom is -0.406 e. The third-order valence-corrected chi connectivity index (χ3v) is 3.65. The summed E-state index contributed by atoms with van der Waals surface area (Å²) in [7, 11) is 0. The van der Waals surface area contributed by atoms with Crippen LogP contribution in [0.4, 0.5) is 18.9 Å². The number of halogens is 3. The molecule has 140 valence electrons. The number of rotatable bonds is 5. The van der Waals surface area contributed by atoms with Crippen LogP contribution in [0.2, 0.25) is 0 Å². The lowest BCUT2D eigenvalue weighted by atomic mass is 10.1. The van der Waals surface area contributed by atoms with Crippen molar-refractivity contribution in [3.63, 3.8) is 0 Å². The molecule has 0 aliphatic carbocycles. The highest BCUT2D eigenvalue weighted by atomic mass is 19.4. The van der Waals surface area contributed by atoms with Gasteiger partial charge in [-0.25, -0.2) is 4.68 Å². The second-order valence-corrected chi connectivity index (χ2v) is 5.61. The van der Waals surface area contributed by atoms with Crippen molar-refractivity contribution >= 4 is 5.69 Å². The molecular weight excluding hydrogens is 367 g/mol. The molecule has 0 aliphatic heterocycles. The number of hydrogen-bond donors (Lipinski definition) is 0. The van der Waals surface area contributed by atoms with Gasteiger partial charge in [-0.05, 0) is 41.1 Å². The van der Waals surface area contributed by atoms with Gasteiger partial charge >= 0.3 is 6.36 Å². The summed E-state index contributed by atoms with van der Waals surface area (Å²) in [5.41, 5.74) is 1.51. The van der Waals surface area contributed by atoms with Gasteiger partial charge in [0.05, 0.1) is 11.5 Å². The minimum atomic E-state index is -4.80. The summed E-state index contributed by atoms with van der Waals surface area (Å²) in [5.74, 6) is -0.153. The van der Waals surface area contributed by atoms with E-state index in [9.17, 15) is 23.3 Å². The van der Waals surface area contributed by atoms with Crippen LogP contribution in [-0.2, 0) is 6.54 Å². The second kappa shape index (κ2) is 7.02. The van der Waals surface area contributed by atoms with Crippen LogP contribution in [0.25, 0.3) is 11.4 Å². The molecular formula is C16H12F3N5O3. The molecule has 8 nitrogen and oxygen atoms in total. The Hall–Kier alpha value is -3.50. The van der Waals surface area contributed by atoms with Crippen molar-refractivity contribution in [2.45, 2.75) is 19.8 Å². The zero-order valence-corrected chi connectivity index (χ0v) is 13.8. The fourth-order valence-corrected chi connectivity index (χ4v) is 2.54. The van der Waals surface area contributed by atoms with E-state index < -0.39 is 11.3 Å². The van der Waals surface area contributed by atoms with Crippen molar-refractivity contribution in [1.82, 2.24) is 20.2 Å². The highest BCUT2D eigenvalue weighted by molar-refractivity contribution is 5.57. The topological polar surface area (TPSA) is 96.0 Å². The fraction of sp³-hybridized carbons (Fsp3) is 0.188. The first-order chi connectivity index (χ1) is 12.7. The second-order valence-electron chi connectivity index (χ2n) is 5.61. The number of nitrogens with zero attached hydrogens (tertiary/aromatic N) is 5. The van der Waals surface area contributed by atoms with Crippen LogP contribution in [0.15, 0.2) is 42.5 Å². The van der Waals surface area contributed by atoms with Gasteiger partial charge < -0.3 is 4.74 Å². The Bertz CT molecular complexity index is 987. The zero-order chi connectivity index (χ0) is 19.6. The molecule has 0 aliphatic rings. The van der Waals surface area contributed by atoms with Crippen molar-refractivity contribution < 1.29 is 22.8 Å². The number of benzene rings is 2. The number of aryl methyl sites for hydroxylation is 1. The molecule has 3 rings (SSSR count). The summed E-state index contributed by atoms with van der Waals surface area (Å²) in [4.78, 5) is 10.4. The van der Waals surface area contributed by atoms with Gasteiger partial charge in [-0.1, -0.05) is 18.2 Å². The molecule has 0 N–H and O–H groups in total. The summed E-state index contributed by atoms with van der Waals surface area (Å²) < 4.78 is 42.5. The molecule has 0 saturated heterocycles. The molecule has 3 aromatic rings. The van der Waals surface area contributed by atoms with Gasteiger partial charge in [0.15, 0.2) is 5.82 Å². The van der Waals surface area contributed by atoms with Gasteiger partial charge in [0.2, 0.25) is 0 Å². The molecule has 0 bridgehead atoms. The largest absolute Gasteiger partial charge is 0.573 e. The summed E-state index contributed by atoms with van der Waals surface area (Å²) in [5, 5.41) is 22.1. The predicted octanol–water partition coefficient (Wildman–Crippen LogP) is 3.50. The maximum Gasteiger partial charge on any atom is 0.573 e. The first-order valence-corrected chi connectivity index (χ1v) is 7.59. The lowest BCUT2D eigenvalue weighted by molar-refractivity contribution is -0.385. The zero-order valence-electron chi connectivity index (χ0n) is 13.8. The van der Waals surface area contributed by atoms with Crippen molar-refractivity contribution in [3.8, 4) is 17.1 Å². The van der Waals surface area contributed by atoms with E-state index in [2.05, 4.69) is 20.3 Å². The maximum absolute atomic E-state index is 12.4. The van der Waals surface area contributed by atoms with E-state index in [1.807, 2.05) is 0 Å². The lowest BCUT2D eigenvalue weighted by Crippen LogP contribution is -2.17.